The van der Waals surface area contributed by atoms with E-state index in [0.29, 0.717) is 12.4 Å². The molecule has 0 radical (unpaired) electrons. The SMILES string of the molecule is O=C1NCc2cn[nH]c2N1Cc1ccccc1C(F)(F)F. The van der Waals surface area contributed by atoms with Crippen LogP contribution in [0.5, 0.6) is 0 Å². The van der Waals surface area contributed by atoms with E-state index in [-0.39, 0.29) is 12.1 Å². The Morgan fingerprint density at radius 2 is 2.05 bits per heavy atom. The van der Waals surface area contributed by atoms with Gasteiger partial charge in [-0.25, -0.2) is 4.79 Å². The summed E-state index contributed by atoms with van der Waals surface area (Å²) >= 11 is 0. The predicted octanol–water partition coefficient (Wildman–Crippen LogP) is 2.66. The van der Waals surface area contributed by atoms with E-state index in [0.717, 1.165) is 11.6 Å². The molecule has 0 saturated carbocycles. The van der Waals surface area contributed by atoms with Crippen molar-refractivity contribution < 1.29 is 18.0 Å². The molecule has 1 aliphatic rings. The summed E-state index contributed by atoms with van der Waals surface area (Å²) in [5.74, 6) is 0.427. The molecule has 0 unspecified atom stereocenters. The number of nitrogens with one attached hydrogen (secondary N) is 2. The number of aromatic amines is 1. The van der Waals surface area contributed by atoms with Crippen molar-refractivity contribution in [3.8, 4) is 0 Å². The molecule has 5 nitrogen and oxygen atoms in total. The Kier molecular flexibility index (Phi) is 3.08. The minimum atomic E-state index is -4.46. The van der Waals surface area contributed by atoms with Crippen LogP contribution in [0.1, 0.15) is 16.7 Å². The van der Waals surface area contributed by atoms with Crippen LogP contribution in [-0.4, -0.2) is 16.2 Å². The van der Waals surface area contributed by atoms with Gasteiger partial charge in [-0.05, 0) is 11.6 Å². The highest BCUT2D eigenvalue weighted by atomic mass is 19.4. The largest absolute Gasteiger partial charge is 0.416 e. The zero-order valence-electron chi connectivity index (χ0n) is 10.7. The molecule has 0 bridgehead atoms. The standard InChI is InChI=1S/C13H11F3N4O/c14-13(15,16)10-4-2-1-3-8(10)7-20-11-9(6-18-19-11)5-17-12(20)21/h1-4,6H,5,7H2,(H,17,21)(H,18,19). The van der Waals surface area contributed by atoms with Gasteiger partial charge in [0.2, 0.25) is 0 Å². The third-order valence-electron chi connectivity index (χ3n) is 3.29. The number of urea groups is 1. The van der Waals surface area contributed by atoms with Crippen LogP contribution in [0.15, 0.2) is 30.5 Å². The van der Waals surface area contributed by atoms with Crippen molar-refractivity contribution in [3.05, 3.63) is 47.2 Å². The molecule has 0 spiro atoms. The van der Waals surface area contributed by atoms with Gasteiger partial charge in [0, 0.05) is 12.1 Å². The van der Waals surface area contributed by atoms with Gasteiger partial charge in [-0.3, -0.25) is 10.00 Å². The van der Waals surface area contributed by atoms with Crippen molar-refractivity contribution in [1.29, 1.82) is 0 Å². The summed E-state index contributed by atoms with van der Waals surface area (Å²) in [4.78, 5) is 13.1. The second-order valence-corrected chi connectivity index (χ2v) is 4.64. The molecule has 0 atom stereocenters. The Morgan fingerprint density at radius 1 is 1.29 bits per heavy atom. The van der Waals surface area contributed by atoms with Crippen LogP contribution < -0.4 is 10.2 Å². The van der Waals surface area contributed by atoms with E-state index in [1.54, 1.807) is 0 Å². The number of carbonyl (C=O) groups is 1. The number of benzene rings is 1. The zero-order valence-corrected chi connectivity index (χ0v) is 10.7. The molecule has 0 saturated heterocycles. The molecule has 1 aromatic heterocycles. The molecule has 1 aliphatic heterocycles. The summed E-state index contributed by atoms with van der Waals surface area (Å²) in [5, 5.41) is 9.07. The van der Waals surface area contributed by atoms with Gasteiger partial charge in [-0.2, -0.15) is 18.3 Å². The Balaban J connectivity index is 1.97. The summed E-state index contributed by atoms with van der Waals surface area (Å²) in [6.45, 7) is 0.124. The minimum Gasteiger partial charge on any atom is -0.333 e. The molecule has 1 aromatic carbocycles. The van der Waals surface area contributed by atoms with Crippen LogP contribution >= 0.6 is 0 Å². The molecular weight excluding hydrogens is 285 g/mol. The van der Waals surface area contributed by atoms with Gasteiger partial charge >= 0.3 is 12.2 Å². The van der Waals surface area contributed by atoms with E-state index < -0.39 is 17.8 Å². The van der Waals surface area contributed by atoms with Gasteiger partial charge in [-0.1, -0.05) is 18.2 Å². The maximum Gasteiger partial charge on any atom is 0.416 e. The zero-order chi connectivity index (χ0) is 15.0. The van der Waals surface area contributed by atoms with E-state index in [1.165, 1.54) is 29.3 Å². The molecule has 110 valence electrons. The molecule has 2 heterocycles. The van der Waals surface area contributed by atoms with Crippen LogP contribution in [0.3, 0.4) is 0 Å². The van der Waals surface area contributed by atoms with Crippen molar-refractivity contribution in [3.63, 3.8) is 0 Å². The summed E-state index contributed by atoms with van der Waals surface area (Å²) in [7, 11) is 0. The molecule has 2 N–H and O–H groups in total. The van der Waals surface area contributed by atoms with E-state index in [4.69, 9.17) is 0 Å². The normalized spacial score (nSPS) is 14.8. The van der Waals surface area contributed by atoms with Crippen LogP contribution in [0.4, 0.5) is 23.8 Å². The van der Waals surface area contributed by atoms with Crippen molar-refractivity contribution in [1.82, 2.24) is 15.5 Å². The average Bonchev–Trinajstić information content (AvgIpc) is 2.90. The van der Waals surface area contributed by atoms with Gasteiger partial charge in [0.1, 0.15) is 5.82 Å². The summed E-state index contributed by atoms with van der Waals surface area (Å²) in [5.41, 5.74) is 0.0196. The summed E-state index contributed by atoms with van der Waals surface area (Å²) in [6.07, 6.45) is -2.92. The number of carbonyl (C=O) groups excluding carboxylic acids is 1. The molecular formula is C13H11F3N4O. The number of hydrogen-bond acceptors (Lipinski definition) is 2. The van der Waals surface area contributed by atoms with E-state index in [1.807, 2.05) is 0 Å². The Hall–Kier alpha value is -2.51. The average molecular weight is 296 g/mol. The molecule has 21 heavy (non-hydrogen) atoms. The highest BCUT2D eigenvalue weighted by Crippen LogP contribution is 2.33. The number of nitrogens with zero attached hydrogens (tertiary/aromatic N) is 2. The fourth-order valence-electron chi connectivity index (χ4n) is 2.29. The molecule has 2 aromatic rings. The first-order valence-corrected chi connectivity index (χ1v) is 6.19. The minimum absolute atomic E-state index is 0.0302. The first-order valence-electron chi connectivity index (χ1n) is 6.19. The van der Waals surface area contributed by atoms with Gasteiger partial charge in [0.25, 0.3) is 0 Å². The smallest absolute Gasteiger partial charge is 0.333 e. The number of H-pyrrole nitrogens is 1. The lowest BCUT2D eigenvalue weighted by molar-refractivity contribution is -0.138. The fraction of sp³-hybridized carbons (Fsp3) is 0.231. The van der Waals surface area contributed by atoms with Crippen molar-refractivity contribution in [2.75, 3.05) is 4.90 Å². The second kappa shape index (κ2) is 4.80. The third kappa shape index (κ3) is 2.44. The number of aromatic nitrogens is 2. The lowest BCUT2D eigenvalue weighted by Crippen LogP contribution is -2.43. The number of alkyl halides is 3. The Morgan fingerprint density at radius 3 is 2.81 bits per heavy atom. The maximum atomic E-state index is 13.0. The first-order chi connectivity index (χ1) is 9.97. The first kappa shape index (κ1) is 13.5. The molecule has 0 aliphatic carbocycles. The monoisotopic (exact) mass is 296 g/mol. The number of halogens is 3. The van der Waals surface area contributed by atoms with Crippen LogP contribution in [0.2, 0.25) is 0 Å². The molecule has 3 rings (SSSR count). The Bertz CT molecular complexity index is 680. The van der Waals surface area contributed by atoms with Crippen LogP contribution in [0, 0.1) is 0 Å². The Labute approximate surface area is 117 Å². The van der Waals surface area contributed by atoms with E-state index in [9.17, 15) is 18.0 Å². The predicted molar refractivity (Wildman–Crippen MR) is 68.5 cm³/mol. The fourth-order valence-corrected chi connectivity index (χ4v) is 2.29. The van der Waals surface area contributed by atoms with E-state index in [2.05, 4.69) is 15.5 Å². The quantitative estimate of drug-likeness (QED) is 0.895. The summed E-state index contributed by atoms with van der Waals surface area (Å²) < 4.78 is 39.0. The van der Waals surface area contributed by atoms with Gasteiger partial charge in [0.15, 0.2) is 0 Å². The van der Waals surface area contributed by atoms with Gasteiger partial charge in [0.05, 0.1) is 18.3 Å². The second-order valence-electron chi connectivity index (χ2n) is 4.64. The number of rotatable bonds is 2. The van der Waals surface area contributed by atoms with Gasteiger partial charge in [-0.15, -0.1) is 0 Å². The topological polar surface area (TPSA) is 61.0 Å². The number of anilines is 1. The van der Waals surface area contributed by atoms with Crippen molar-refractivity contribution in [2.45, 2.75) is 19.3 Å². The van der Waals surface area contributed by atoms with Crippen LogP contribution in [0.25, 0.3) is 0 Å². The molecule has 8 heteroatoms. The lowest BCUT2D eigenvalue weighted by atomic mass is 10.1. The number of fused-ring (bicyclic) bond motifs is 1. The van der Waals surface area contributed by atoms with Crippen molar-refractivity contribution >= 4 is 11.8 Å². The maximum absolute atomic E-state index is 13.0. The van der Waals surface area contributed by atoms with Crippen molar-refractivity contribution in [2.24, 2.45) is 0 Å². The highest BCUT2D eigenvalue weighted by Gasteiger charge is 2.34. The lowest BCUT2D eigenvalue weighted by Gasteiger charge is -2.27. The third-order valence-corrected chi connectivity index (χ3v) is 3.29. The highest BCUT2D eigenvalue weighted by molar-refractivity contribution is 5.93. The number of hydrogen-bond donors (Lipinski definition) is 2. The molecule has 0 fully saturated rings. The van der Waals surface area contributed by atoms with Gasteiger partial charge < -0.3 is 5.32 Å². The summed E-state index contributed by atoms with van der Waals surface area (Å²) in [6, 6.07) is 4.75. The van der Waals surface area contributed by atoms with Crippen LogP contribution in [-0.2, 0) is 19.3 Å². The van der Waals surface area contributed by atoms with E-state index >= 15 is 0 Å². The number of amides is 2. The molecule has 2 amide bonds.